The van der Waals surface area contributed by atoms with Gasteiger partial charge in [0, 0.05) is 10.8 Å². The third kappa shape index (κ3) is 2.14. The number of thiophene rings is 1. The molecule has 0 aliphatic rings. The smallest absolute Gasteiger partial charge is 0.217 e. The number of fused-ring (bicyclic) bond motifs is 1. The summed E-state index contributed by atoms with van der Waals surface area (Å²) in [6, 6.07) is 12.0. The Labute approximate surface area is 112 Å². The highest BCUT2D eigenvalue weighted by molar-refractivity contribution is 7.22. The predicted octanol–water partition coefficient (Wildman–Crippen LogP) is 4.67. The molecule has 0 aliphatic carbocycles. The zero-order valence-electron chi connectivity index (χ0n) is 8.52. The summed E-state index contributed by atoms with van der Waals surface area (Å²) in [4.78, 5) is 9.06. The molecule has 17 heavy (non-hydrogen) atoms. The molecule has 0 amide bonds. The van der Waals surface area contributed by atoms with Crippen molar-refractivity contribution in [3.8, 4) is 10.6 Å². The molecule has 0 radical (unpaired) electrons. The van der Waals surface area contributed by atoms with Crippen molar-refractivity contribution in [1.29, 1.82) is 0 Å². The van der Waals surface area contributed by atoms with Gasteiger partial charge < -0.3 is 0 Å². The van der Waals surface area contributed by atoms with Crippen LogP contribution in [-0.2, 0) is 0 Å². The van der Waals surface area contributed by atoms with Crippen LogP contribution < -0.4 is 0 Å². The van der Waals surface area contributed by atoms with Gasteiger partial charge in [0.1, 0.15) is 5.15 Å². The lowest BCUT2D eigenvalue weighted by molar-refractivity contribution is 1.18. The first-order chi connectivity index (χ1) is 8.22. The first kappa shape index (κ1) is 11.0. The number of benzene rings is 1. The maximum atomic E-state index is 5.87. The number of halogens is 2. The van der Waals surface area contributed by atoms with Crippen LogP contribution in [0.25, 0.3) is 20.7 Å². The predicted molar refractivity (Wildman–Crippen MR) is 72.9 cm³/mol. The minimum atomic E-state index is 0.171. The third-order valence-corrected chi connectivity index (χ3v) is 3.85. The van der Waals surface area contributed by atoms with Crippen molar-refractivity contribution in [2.75, 3.05) is 0 Å². The van der Waals surface area contributed by atoms with E-state index in [-0.39, 0.29) is 5.28 Å². The molecule has 5 heteroatoms. The summed E-state index contributed by atoms with van der Waals surface area (Å²) in [7, 11) is 0. The van der Waals surface area contributed by atoms with E-state index >= 15 is 0 Å². The number of aromatic nitrogens is 2. The Balaban J connectivity index is 2.20. The molecule has 0 aliphatic heterocycles. The van der Waals surface area contributed by atoms with Crippen molar-refractivity contribution in [3.05, 3.63) is 46.8 Å². The summed E-state index contributed by atoms with van der Waals surface area (Å²) < 4.78 is 1.22. The lowest BCUT2D eigenvalue weighted by atomic mass is 10.2. The molecule has 0 spiro atoms. The molecule has 0 unspecified atom stereocenters. The van der Waals surface area contributed by atoms with Gasteiger partial charge in [-0.1, -0.05) is 29.8 Å². The Morgan fingerprint density at radius 2 is 1.82 bits per heavy atom. The average molecular weight is 281 g/mol. The molecule has 0 bridgehead atoms. The van der Waals surface area contributed by atoms with Gasteiger partial charge in [-0.2, -0.15) is 0 Å². The second-order valence-corrected chi connectivity index (χ2v) is 5.30. The fraction of sp³-hybridized carbons (Fsp3) is 0. The average Bonchev–Trinajstić information content (AvgIpc) is 2.71. The molecule has 1 aromatic carbocycles. The van der Waals surface area contributed by atoms with Gasteiger partial charge in [0.15, 0.2) is 0 Å². The zero-order chi connectivity index (χ0) is 11.8. The summed E-state index contributed by atoms with van der Waals surface area (Å²) in [6.07, 6.45) is 0. The molecule has 84 valence electrons. The van der Waals surface area contributed by atoms with Crippen LogP contribution in [-0.4, -0.2) is 9.97 Å². The van der Waals surface area contributed by atoms with Crippen LogP contribution in [0.1, 0.15) is 0 Å². The third-order valence-electron chi connectivity index (χ3n) is 2.35. The lowest BCUT2D eigenvalue weighted by Crippen LogP contribution is -1.85. The van der Waals surface area contributed by atoms with E-state index in [2.05, 4.69) is 28.2 Å². The minimum absolute atomic E-state index is 0.171. The van der Waals surface area contributed by atoms with Crippen LogP contribution >= 0.6 is 34.5 Å². The van der Waals surface area contributed by atoms with E-state index in [0.29, 0.717) is 5.15 Å². The van der Waals surface area contributed by atoms with Gasteiger partial charge in [-0.3, -0.25) is 0 Å². The number of nitrogens with zero attached hydrogens (tertiary/aromatic N) is 2. The molecule has 2 nitrogen and oxygen atoms in total. The van der Waals surface area contributed by atoms with E-state index in [9.17, 15) is 0 Å². The second kappa shape index (κ2) is 4.26. The SMILES string of the molecule is Clc1cc(-c2cc3ccccc3s2)nc(Cl)n1. The molecule has 3 rings (SSSR count). The molecule has 0 atom stereocenters. The normalized spacial score (nSPS) is 10.9. The quantitative estimate of drug-likeness (QED) is 0.478. The van der Waals surface area contributed by atoms with Crippen molar-refractivity contribution in [3.63, 3.8) is 0 Å². The molecule has 0 saturated heterocycles. The van der Waals surface area contributed by atoms with Gasteiger partial charge in [-0.15, -0.1) is 11.3 Å². The highest BCUT2D eigenvalue weighted by atomic mass is 35.5. The molecule has 2 heterocycles. The Morgan fingerprint density at radius 3 is 2.59 bits per heavy atom. The molecular formula is C12H6Cl2N2S. The molecule has 3 aromatic rings. The van der Waals surface area contributed by atoms with Gasteiger partial charge >= 0.3 is 0 Å². The van der Waals surface area contributed by atoms with Crippen molar-refractivity contribution in [1.82, 2.24) is 9.97 Å². The molecule has 2 aromatic heterocycles. The Kier molecular flexibility index (Phi) is 2.74. The first-order valence-electron chi connectivity index (χ1n) is 4.91. The Bertz CT molecular complexity index is 641. The number of hydrogen-bond donors (Lipinski definition) is 0. The van der Waals surface area contributed by atoms with Gasteiger partial charge in [-0.25, -0.2) is 9.97 Å². The van der Waals surface area contributed by atoms with Crippen LogP contribution in [0.15, 0.2) is 36.4 Å². The van der Waals surface area contributed by atoms with E-state index in [4.69, 9.17) is 23.2 Å². The maximum Gasteiger partial charge on any atom is 0.224 e. The second-order valence-electron chi connectivity index (χ2n) is 3.49. The summed E-state index contributed by atoms with van der Waals surface area (Å²) >= 11 is 13.3. The van der Waals surface area contributed by atoms with Crippen molar-refractivity contribution < 1.29 is 0 Å². The zero-order valence-corrected chi connectivity index (χ0v) is 10.9. The van der Waals surface area contributed by atoms with Gasteiger partial charge in [0.05, 0.1) is 10.6 Å². The number of hydrogen-bond acceptors (Lipinski definition) is 3. The standard InChI is InChI=1S/C12H6Cl2N2S/c13-11-6-8(15-12(14)16-11)10-5-7-3-1-2-4-9(7)17-10/h1-6H. The molecule has 0 saturated carbocycles. The summed E-state index contributed by atoms with van der Waals surface area (Å²) in [5, 5.41) is 1.72. The van der Waals surface area contributed by atoms with E-state index < -0.39 is 0 Å². The molecular weight excluding hydrogens is 275 g/mol. The lowest BCUT2D eigenvalue weighted by Gasteiger charge is -1.97. The largest absolute Gasteiger partial charge is 0.224 e. The molecule has 0 N–H and O–H groups in total. The van der Waals surface area contributed by atoms with Crippen LogP contribution in [0.5, 0.6) is 0 Å². The van der Waals surface area contributed by atoms with Crippen molar-refractivity contribution >= 4 is 44.6 Å². The highest BCUT2D eigenvalue weighted by Gasteiger charge is 2.07. The fourth-order valence-corrected chi connectivity index (χ4v) is 3.06. The van der Waals surface area contributed by atoms with Gasteiger partial charge in [0.25, 0.3) is 0 Å². The summed E-state index contributed by atoms with van der Waals surface area (Å²) in [6.45, 7) is 0. The maximum absolute atomic E-state index is 5.87. The topological polar surface area (TPSA) is 25.8 Å². The van der Waals surface area contributed by atoms with Crippen LogP contribution in [0, 0.1) is 0 Å². The molecule has 0 fully saturated rings. The van der Waals surface area contributed by atoms with Crippen molar-refractivity contribution in [2.45, 2.75) is 0 Å². The number of rotatable bonds is 1. The van der Waals surface area contributed by atoms with E-state index in [1.165, 1.54) is 10.1 Å². The van der Waals surface area contributed by atoms with E-state index in [1.54, 1.807) is 17.4 Å². The summed E-state index contributed by atoms with van der Waals surface area (Å²) in [5.74, 6) is 0. The van der Waals surface area contributed by atoms with Gasteiger partial charge in [-0.05, 0) is 29.1 Å². The van der Waals surface area contributed by atoms with Crippen LogP contribution in [0.3, 0.4) is 0 Å². The first-order valence-corrected chi connectivity index (χ1v) is 6.49. The minimum Gasteiger partial charge on any atom is -0.217 e. The van der Waals surface area contributed by atoms with Crippen LogP contribution in [0.2, 0.25) is 10.4 Å². The monoisotopic (exact) mass is 280 g/mol. The Hall–Kier alpha value is -1.16. The van der Waals surface area contributed by atoms with Gasteiger partial charge in [0.2, 0.25) is 5.28 Å². The van der Waals surface area contributed by atoms with Crippen LogP contribution in [0.4, 0.5) is 0 Å². The van der Waals surface area contributed by atoms with E-state index in [1.807, 2.05) is 12.1 Å². The van der Waals surface area contributed by atoms with Crippen molar-refractivity contribution in [2.24, 2.45) is 0 Å². The highest BCUT2D eigenvalue weighted by Crippen LogP contribution is 2.33. The summed E-state index contributed by atoms with van der Waals surface area (Å²) in [5.41, 5.74) is 0.760. The Morgan fingerprint density at radius 1 is 1.00 bits per heavy atom. The fourth-order valence-electron chi connectivity index (χ4n) is 1.62. The van der Waals surface area contributed by atoms with E-state index in [0.717, 1.165) is 10.6 Å².